The molecule has 1 aromatic carbocycles. The van der Waals surface area contributed by atoms with Crippen LogP contribution < -0.4 is 5.73 Å². The van der Waals surface area contributed by atoms with E-state index in [1.807, 2.05) is 31.2 Å². The van der Waals surface area contributed by atoms with E-state index in [1.165, 1.54) is 5.56 Å². The van der Waals surface area contributed by atoms with Gasteiger partial charge in [-0.3, -0.25) is 5.41 Å². The maximum atomic E-state index is 7.39. The molecule has 1 aromatic heterocycles. The lowest BCUT2D eigenvalue weighted by atomic mass is 10.1. The number of nitrogens with two attached hydrogens (primary N) is 1. The van der Waals surface area contributed by atoms with Crippen LogP contribution in [-0.2, 0) is 5.75 Å². The van der Waals surface area contributed by atoms with E-state index in [4.69, 9.17) is 11.1 Å². The zero-order valence-electron chi connectivity index (χ0n) is 10.1. The molecule has 0 atom stereocenters. The minimum Gasteiger partial charge on any atom is -0.384 e. The highest BCUT2D eigenvalue weighted by Crippen LogP contribution is 2.22. The van der Waals surface area contributed by atoms with E-state index in [2.05, 4.69) is 9.97 Å². The van der Waals surface area contributed by atoms with Crippen molar-refractivity contribution in [3.8, 4) is 0 Å². The molecule has 3 N–H and O–H groups in total. The van der Waals surface area contributed by atoms with Gasteiger partial charge in [0.1, 0.15) is 12.2 Å². The van der Waals surface area contributed by atoms with Crippen LogP contribution in [0.15, 0.2) is 41.8 Å². The van der Waals surface area contributed by atoms with Crippen molar-refractivity contribution in [2.45, 2.75) is 17.7 Å². The van der Waals surface area contributed by atoms with Crippen LogP contribution in [0.1, 0.15) is 16.7 Å². The molecule has 2 rings (SSSR count). The van der Waals surface area contributed by atoms with Crippen LogP contribution >= 0.6 is 11.8 Å². The summed E-state index contributed by atoms with van der Waals surface area (Å²) in [4.78, 5) is 8.05. The number of benzene rings is 1. The van der Waals surface area contributed by atoms with Gasteiger partial charge in [0.05, 0.1) is 5.03 Å². The number of thioether (sulfide) groups is 1. The number of hydrogen-bond donors (Lipinski definition) is 2. The third-order valence-corrected chi connectivity index (χ3v) is 3.58. The molecule has 92 valence electrons. The van der Waals surface area contributed by atoms with Crippen LogP contribution in [0.3, 0.4) is 0 Å². The van der Waals surface area contributed by atoms with E-state index < -0.39 is 0 Å². The predicted molar refractivity (Wildman–Crippen MR) is 73.8 cm³/mol. The number of hydrogen-bond acceptors (Lipinski definition) is 4. The summed E-state index contributed by atoms with van der Waals surface area (Å²) >= 11 is 1.67. The van der Waals surface area contributed by atoms with Crippen molar-refractivity contribution >= 4 is 17.6 Å². The normalized spacial score (nSPS) is 10.3. The van der Waals surface area contributed by atoms with E-state index in [9.17, 15) is 0 Å². The lowest BCUT2D eigenvalue weighted by molar-refractivity contribution is 1.05. The third-order valence-electron chi connectivity index (χ3n) is 2.58. The van der Waals surface area contributed by atoms with Crippen LogP contribution in [0, 0.1) is 12.3 Å². The van der Waals surface area contributed by atoms with Gasteiger partial charge in [0.25, 0.3) is 0 Å². The molecule has 0 saturated carbocycles. The van der Waals surface area contributed by atoms with Crippen molar-refractivity contribution in [2.24, 2.45) is 5.73 Å². The Kier molecular flexibility index (Phi) is 3.94. The number of nitrogen functional groups attached to an aromatic ring is 1. The fourth-order valence-corrected chi connectivity index (χ4v) is 2.45. The van der Waals surface area contributed by atoms with Gasteiger partial charge in [-0.15, -0.1) is 11.8 Å². The summed E-state index contributed by atoms with van der Waals surface area (Å²) in [5.74, 6) is 0.953. The van der Waals surface area contributed by atoms with E-state index in [0.717, 1.165) is 21.9 Å². The maximum absolute atomic E-state index is 7.39. The molecule has 0 saturated heterocycles. The molecule has 0 aliphatic heterocycles. The highest BCUT2D eigenvalue weighted by molar-refractivity contribution is 7.98. The molecule has 2 aromatic rings. The Hall–Kier alpha value is -1.88. The quantitative estimate of drug-likeness (QED) is 0.382. The Morgan fingerprint density at radius 3 is 2.83 bits per heavy atom. The lowest BCUT2D eigenvalue weighted by Gasteiger charge is -2.07. The minimum atomic E-state index is 0.105. The second-order valence-corrected chi connectivity index (χ2v) is 4.89. The SMILES string of the molecule is Cc1cc(C(=N)N)ccc1CSc1ccncn1. The van der Waals surface area contributed by atoms with Gasteiger partial charge in [-0.2, -0.15) is 0 Å². The molecule has 0 aliphatic rings. The molecule has 0 amide bonds. The van der Waals surface area contributed by atoms with Crippen LogP contribution in [0.25, 0.3) is 0 Å². The highest BCUT2D eigenvalue weighted by atomic mass is 32.2. The van der Waals surface area contributed by atoms with Gasteiger partial charge < -0.3 is 5.73 Å². The fourth-order valence-electron chi connectivity index (χ4n) is 1.54. The first-order chi connectivity index (χ1) is 8.66. The molecule has 0 aliphatic carbocycles. The first-order valence-corrected chi connectivity index (χ1v) is 6.48. The Balaban J connectivity index is 2.08. The summed E-state index contributed by atoms with van der Waals surface area (Å²) in [6.07, 6.45) is 3.29. The van der Waals surface area contributed by atoms with E-state index in [1.54, 1.807) is 24.3 Å². The molecular formula is C13H14N4S. The van der Waals surface area contributed by atoms with Gasteiger partial charge in [-0.1, -0.05) is 12.1 Å². The van der Waals surface area contributed by atoms with Gasteiger partial charge in [0, 0.05) is 17.5 Å². The summed E-state index contributed by atoms with van der Waals surface area (Å²) in [6, 6.07) is 7.73. The highest BCUT2D eigenvalue weighted by Gasteiger charge is 2.03. The Morgan fingerprint density at radius 1 is 1.39 bits per heavy atom. The van der Waals surface area contributed by atoms with Gasteiger partial charge in [-0.05, 0) is 30.2 Å². The third kappa shape index (κ3) is 3.07. The summed E-state index contributed by atoms with van der Waals surface area (Å²) in [5, 5.41) is 8.35. The topological polar surface area (TPSA) is 75.7 Å². The molecule has 0 bridgehead atoms. The second kappa shape index (κ2) is 5.64. The van der Waals surface area contributed by atoms with E-state index in [-0.39, 0.29) is 5.84 Å². The molecule has 0 fully saturated rings. The number of nitrogens with one attached hydrogen (secondary N) is 1. The van der Waals surface area contributed by atoms with Crippen molar-refractivity contribution in [3.63, 3.8) is 0 Å². The Bertz CT molecular complexity index is 554. The number of rotatable bonds is 4. The molecule has 5 heteroatoms. The summed E-state index contributed by atoms with van der Waals surface area (Å²) in [7, 11) is 0. The van der Waals surface area contributed by atoms with Crippen molar-refractivity contribution in [2.75, 3.05) is 0 Å². The lowest BCUT2D eigenvalue weighted by Crippen LogP contribution is -2.11. The molecule has 18 heavy (non-hydrogen) atoms. The van der Waals surface area contributed by atoms with Crippen molar-refractivity contribution in [1.29, 1.82) is 5.41 Å². The molecule has 0 unspecified atom stereocenters. The number of aromatic nitrogens is 2. The summed E-state index contributed by atoms with van der Waals surface area (Å²) < 4.78 is 0. The Labute approximate surface area is 110 Å². The zero-order valence-corrected chi connectivity index (χ0v) is 10.9. The van der Waals surface area contributed by atoms with E-state index >= 15 is 0 Å². The largest absolute Gasteiger partial charge is 0.384 e. The molecule has 0 radical (unpaired) electrons. The molecule has 4 nitrogen and oxygen atoms in total. The first kappa shape index (κ1) is 12.6. The summed E-state index contributed by atoms with van der Waals surface area (Å²) in [5.41, 5.74) is 8.59. The van der Waals surface area contributed by atoms with Gasteiger partial charge in [0.15, 0.2) is 0 Å². The average Bonchev–Trinajstić information content (AvgIpc) is 2.38. The number of amidine groups is 1. The van der Waals surface area contributed by atoms with Gasteiger partial charge >= 0.3 is 0 Å². The van der Waals surface area contributed by atoms with Crippen LogP contribution in [0.2, 0.25) is 0 Å². The van der Waals surface area contributed by atoms with Gasteiger partial charge in [0.2, 0.25) is 0 Å². The predicted octanol–water partition coefficient (Wildman–Crippen LogP) is 2.36. The van der Waals surface area contributed by atoms with Gasteiger partial charge in [-0.25, -0.2) is 9.97 Å². The minimum absolute atomic E-state index is 0.105. The van der Waals surface area contributed by atoms with Crippen molar-refractivity contribution in [3.05, 3.63) is 53.5 Å². The molecular weight excluding hydrogens is 244 g/mol. The monoisotopic (exact) mass is 258 g/mol. The zero-order chi connectivity index (χ0) is 13.0. The fraction of sp³-hybridized carbons (Fsp3) is 0.154. The molecule has 0 spiro atoms. The average molecular weight is 258 g/mol. The number of aryl methyl sites for hydroxylation is 1. The summed E-state index contributed by atoms with van der Waals surface area (Å²) in [6.45, 7) is 2.03. The molecule has 1 heterocycles. The standard InChI is InChI=1S/C13H14N4S/c1-9-6-10(13(14)15)2-3-11(9)7-18-12-4-5-16-8-17-12/h2-6,8H,7H2,1H3,(H3,14,15). The van der Waals surface area contributed by atoms with Crippen molar-refractivity contribution in [1.82, 2.24) is 9.97 Å². The van der Waals surface area contributed by atoms with Crippen LogP contribution in [-0.4, -0.2) is 15.8 Å². The number of nitrogens with zero attached hydrogens (tertiary/aromatic N) is 2. The first-order valence-electron chi connectivity index (χ1n) is 5.49. The van der Waals surface area contributed by atoms with Crippen molar-refractivity contribution < 1.29 is 0 Å². The second-order valence-electron chi connectivity index (χ2n) is 3.89. The van der Waals surface area contributed by atoms with E-state index in [0.29, 0.717) is 0 Å². The smallest absolute Gasteiger partial charge is 0.122 e. The maximum Gasteiger partial charge on any atom is 0.122 e. The Morgan fingerprint density at radius 2 is 2.22 bits per heavy atom. The van der Waals surface area contributed by atoms with Crippen LogP contribution in [0.4, 0.5) is 0 Å². The van der Waals surface area contributed by atoms with Crippen LogP contribution in [0.5, 0.6) is 0 Å².